The number of carbonyl (C=O) groups is 4. The first-order chi connectivity index (χ1) is 17.2. The maximum atomic E-state index is 14.4. The lowest BCUT2D eigenvalue weighted by Crippen LogP contribution is -2.72. The number of ketones is 1. The molecule has 9 heteroatoms. The first kappa shape index (κ1) is 24.6. The Balaban J connectivity index is 1.54. The molecule has 6 rings (SSSR count). The largest absolute Gasteiger partial charge is 0.472 e. The first-order valence-electron chi connectivity index (χ1n) is 13.1. The van der Waals surface area contributed by atoms with Gasteiger partial charge in [-0.15, -0.1) is 0 Å². The van der Waals surface area contributed by atoms with E-state index >= 15 is 0 Å². The van der Waals surface area contributed by atoms with Crippen molar-refractivity contribution < 1.29 is 42.5 Å². The van der Waals surface area contributed by atoms with Crippen molar-refractivity contribution in [1.82, 2.24) is 0 Å². The molecule has 9 atom stereocenters. The van der Waals surface area contributed by atoms with Gasteiger partial charge in [-0.1, -0.05) is 13.8 Å². The molecule has 0 amide bonds. The molecular weight excluding hydrogens is 480 g/mol. The van der Waals surface area contributed by atoms with E-state index in [1.54, 1.807) is 12.3 Å². The number of epoxide rings is 1. The van der Waals surface area contributed by atoms with Gasteiger partial charge in [-0.05, 0) is 45.6 Å². The topological polar surface area (TPSA) is 122 Å². The number of fused-ring (bicyclic) bond motifs is 3. The Labute approximate surface area is 215 Å². The smallest absolute Gasteiger partial charge is 0.339 e. The molecule has 3 saturated heterocycles. The highest BCUT2D eigenvalue weighted by molar-refractivity contribution is 5.93. The van der Waals surface area contributed by atoms with Gasteiger partial charge in [-0.2, -0.15) is 0 Å². The number of Topliss-reactive ketones (excluding diaryl/α,β-unsaturated/α-hetero) is 1. The molecule has 0 unspecified atom stereocenters. The summed E-state index contributed by atoms with van der Waals surface area (Å²) in [5, 5.41) is 0. The normalized spacial score (nSPS) is 47.7. The van der Waals surface area contributed by atoms with Crippen LogP contribution in [0.25, 0.3) is 0 Å². The Morgan fingerprint density at radius 1 is 1.03 bits per heavy atom. The molecule has 0 radical (unpaired) electrons. The monoisotopic (exact) mass is 514 g/mol. The third-order valence-corrected chi connectivity index (χ3v) is 10.8. The average Bonchev–Trinajstić information content (AvgIpc) is 3.38. The van der Waals surface area contributed by atoms with Gasteiger partial charge in [-0.25, -0.2) is 4.79 Å². The lowest BCUT2D eigenvalue weighted by atomic mass is 9.37. The van der Waals surface area contributed by atoms with Gasteiger partial charge >= 0.3 is 17.9 Å². The van der Waals surface area contributed by atoms with Crippen LogP contribution in [0.4, 0.5) is 0 Å². The highest BCUT2D eigenvalue weighted by Crippen LogP contribution is 2.78. The summed E-state index contributed by atoms with van der Waals surface area (Å²) in [5.41, 5.74) is -3.88. The summed E-state index contributed by atoms with van der Waals surface area (Å²) in [7, 11) is 0. The van der Waals surface area contributed by atoms with E-state index in [-0.39, 0.29) is 30.5 Å². The minimum atomic E-state index is -1.09. The SMILES string of the molecule is CC(=O)O[C@H]1CC(=O)OC(C)(C)[C@H]2CC(=O)[C@]3(C)[C@@H](CC[C@]4(C)[C@H](c5ccoc5)OC(=O)[C@H]5O[C@]543)[C@]12C. The van der Waals surface area contributed by atoms with Crippen LogP contribution in [0.1, 0.15) is 78.9 Å². The third kappa shape index (κ3) is 2.79. The second-order valence-corrected chi connectivity index (χ2v) is 12.7. The highest BCUT2D eigenvalue weighted by Gasteiger charge is 2.88. The molecule has 0 N–H and O–H groups in total. The fourth-order valence-electron chi connectivity index (χ4n) is 9.24. The third-order valence-electron chi connectivity index (χ3n) is 10.8. The van der Waals surface area contributed by atoms with Crippen molar-refractivity contribution in [2.24, 2.45) is 28.1 Å². The summed E-state index contributed by atoms with van der Waals surface area (Å²) in [4.78, 5) is 52.7. The first-order valence-corrected chi connectivity index (χ1v) is 13.1. The summed E-state index contributed by atoms with van der Waals surface area (Å²) in [6, 6.07) is 1.78. The molecule has 9 nitrogen and oxygen atoms in total. The summed E-state index contributed by atoms with van der Waals surface area (Å²) in [6.07, 6.45) is 2.06. The van der Waals surface area contributed by atoms with E-state index in [4.69, 9.17) is 23.4 Å². The van der Waals surface area contributed by atoms with Crippen molar-refractivity contribution in [2.45, 2.75) is 96.7 Å². The Kier molecular flexibility index (Phi) is 4.82. The summed E-state index contributed by atoms with van der Waals surface area (Å²) in [5.74, 6) is -2.18. The number of cyclic esters (lactones) is 2. The molecule has 2 aliphatic carbocycles. The van der Waals surface area contributed by atoms with Crippen LogP contribution in [-0.2, 0) is 38.1 Å². The number of carbonyl (C=O) groups excluding carboxylic acids is 4. The minimum absolute atomic E-state index is 0.0263. The minimum Gasteiger partial charge on any atom is -0.472 e. The van der Waals surface area contributed by atoms with Crippen LogP contribution in [0.2, 0.25) is 0 Å². The van der Waals surface area contributed by atoms with Gasteiger partial charge < -0.3 is 23.4 Å². The predicted molar refractivity (Wildman–Crippen MR) is 126 cm³/mol. The zero-order chi connectivity index (χ0) is 26.8. The average molecular weight is 515 g/mol. The lowest BCUT2D eigenvalue weighted by molar-refractivity contribution is -0.234. The summed E-state index contributed by atoms with van der Waals surface area (Å²) in [6.45, 7) is 11.0. The Morgan fingerprint density at radius 3 is 2.41 bits per heavy atom. The van der Waals surface area contributed by atoms with Gasteiger partial charge in [0.15, 0.2) is 6.10 Å². The van der Waals surface area contributed by atoms with Crippen molar-refractivity contribution in [2.75, 3.05) is 0 Å². The molecule has 0 aromatic carbocycles. The predicted octanol–water partition coefficient (Wildman–Crippen LogP) is 3.69. The Bertz CT molecular complexity index is 1200. The van der Waals surface area contributed by atoms with Gasteiger partial charge in [0, 0.05) is 35.7 Å². The molecule has 200 valence electrons. The maximum Gasteiger partial charge on any atom is 0.339 e. The molecule has 2 saturated carbocycles. The van der Waals surface area contributed by atoms with E-state index < -0.39 is 63.7 Å². The van der Waals surface area contributed by atoms with Crippen molar-refractivity contribution in [3.63, 3.8) is 0 Å². The fraction of sp³-hybridized carbons (Fsp3) is 0.714. The number of hydrogen-bond donors (Lipinski definition) is 0. The highest BCUT2D eigenvalue weighted by atomic mass is 16.7. The van der Waals surface area contributed by atoms with Crippen LogP contribution in [-0.4, -0.2) is 47.1 Å². The number of furan rings is 1. The second kappa shape index (κ2) is 7.24. The fourth-order valence-corrected chi connectivity index (χ4v) is 9.24. The van der Waals surface area contributed by atoms with Gasteiger partial charge in [0.05, 0.1) is 24.4 Å². The van der Waals surface area contributed by atoms with Crippen LogP contribution >= 0.6 is 0 Å². The van der Waals surface area contributed by atoms with Crippen molar-refractivity contribution >= 4 is 23.7 Å². The number of esters is 3. The van der Waals surface area contributed by atoms with Crippen molar-refractivity contribution in [1.29, 1.82) is 0 Å². The zero-order valence-corrected chi connectivity index (χ0v) is 22.1. The van der Waals surface area contributed by atoms with Gasteiger partial charge in [-0.3, -0.25) is 14.4 Å². The van der Waals surface area contributed by atoms with Crippen molar-refractivity contribution in [3.05, 3.63) is 24.2 Å². The lowest BCUT2D eigenvalue weighted by Gasteiger charge is -2.66. The number of hydrogen-bond acceptors (Lipinski definition) is 9. The second-order valence-electron chi connectivity index (χ2n) is 12.7. The van der Waals surface area contributed by atoms with Crippen LogP contribution < -0.4 is 0 Å². The Morgan fingerprint density at radius 2 is 1.76 bits per heavy atom. The van der Waals surface area contributed by atoms with E-state index in [9.17, 15) is 19.2 Å². The molecule has 4 heterocycles. The van der Waals surface area contributed by atoms with Crippen LogP contribution in [0, 0.1) is 28.1 Å². The van der Waals surface area contributed by atoms with Crippen LogP contribution in [0.3, 0.4) is 0 Å². The quantitative estimate of drug-likeness (QED) is 0.330. The maximum absolute atomic E-state index is 14.4. The molecule has 3 aliphatic heterocycles. The molecule has 37 heavy (non-hydrogen) atoms. The summed E-state index contributed by atoms with van der Waals surface area (Å²) >= 11 is 0. The van der Waals surface area contributed by atoms with Crippen LogP contribution in [0.15, 0.2) is 23.0 Å². The number of ether oxygens (including phenoxy) is 4. The van der Waals surface area contributed by atoms with E-state index in [1.165, 1.54) is 13.2 Å². The molecule has 5 fully saturated rings. The Hall–Kier alpha value is -2.68. The van der Waals surface area contributed by atoms with Gasteiger partial charge in [0.2, 0.25) is 0 Å². The van der Waals surface area contributed by atoms with E-state index in [0.717, 1.165) is 5.56 Å². The number of rotatable bonds is 2. The summed E-state index contributed by atoms with van der Waals surface area (Å²) < 4.78 is 29.3. The molecule has 1 spiro atoms. The molecular formula is C28H34O9. The molecule has 5 aliphatic rings. The standard InChI is InChI=1S/C28H34O9/c1-14(29)34-19-12-20(31)36-24(2,3)17-11-18(30)27(6)16(26(17,19)5)7-9-25(4)21(15-8-10-33-13-15)35-23(32)22-28(25,27)37-22/h8,10,13,16-17,19,21-22H,7,9,11-12H2,1-6H3/t16-,17+,19-,21-,22+,25+,26-,27-,28+/m0/s1. The van der Waals surface area contributed by atoms with Gasteiger partial charge in [0.25, 0.3) is 0 Å². The van der Waals surface area contributed by atoms with Crippen molar-refractivity contribution in [3.8, 4) is 0 Å². The zero-order valence-electron chi connectivity index (χ0n) is 22.1. The molecule has 1 aromatic rings. The van der Waals surface area contributed by atoms with E-state index in [0.29, 0.717) is 12.8 Å². The molecule has 1 aromatic heterocycles. The van der Waals surface area contributed by atoms with E-state index in [2.05, 4.69) is 0 Å². The molecule has 0 bridgehead atoms. The van der Waals surface area contributed by atoms with E-state index in [1.807, 2.05) is 34.6 Å². The van der Waals surface area contributed by atoms with Crippen LogP contribution in [0.5, 0.6) is 0 Å². The van der Waals surface area contributed by atoms with Gasteiger partial charge in [0.1, 0.15) is 29.2 Å².